The van der Waals surface area contributed by atoms with E-state index in [2.05, 4.69) is 22.3 Å². The monoisotopic (exact) mass is 388 g/mol. The number of halogens is 1. The summed E-state index contributed by atoms with van der Waals surface area (Å²) in [6, 6.07) is 13.0. The van der Waals surface area contributed by atoms with E-state index in [1.54, 1.807) is 19.1 Å². The van der Waals surface area contributed by atoms with E-state index >= 15 is 0 Å². The van der Waals surface area contributed by atoms with E-state index in [1.807, 2.05) is 35.7 Å². The molecule has 4 nitrogen and oxygen atoms in total. The highest BCUT2D eigenvalue weighted by atomic mass is 32.2. The van der Waals surface area contributed by atoms with E-state index in [0.29, 0.717) is 27.4 Å². The van der Waals surface area contributed by atoms with Crippen LogP contribution in [0.2, 0.25) is 0 Å². The fraction of sp³-hybridized carbons (Fsp3) is 0.263. The fourth-order valence-electron chi connectivity index (χ4n) is 2.58. The first-order valence-electron chi connectivity index (χ1n) is 8.24. The van der Waals surface area contributed by atoms with Gasteiger partial charge in [0.2, 0.25) is 5.82 Å². The maximum absolute atomic E-state index is 13.7. The van der Waals surface area contributed by atoms with Gasteiger partial charge in [0.1, 0.15) is 11.6 Å². The van der Waals surface area contributed by atoms with E-state index in [0.717, 1.165) is 5.75 Å². The van der Waals surface area contributed by atoms with Crippen LogP contribution in [-0.4, -0.2) is 21.6 Å². The Hall–Kier alpha value is -1.99. The molecule has 1 aromatic heterocycles. The molecule has 1 aliphatic heterocycles. The number of benzene rings is 2. The quantitative estimate of drug-likeness (QED) is 0.596. The summed E-state index contributed by atoms with van der Waals surface area (Å²) in [4.78, 5) is 4.27. The number of nitrogens with zero attached hydrogens (tertiary/aromatic N) is 2. The Labute approximate surface area is 159 Å². The SMILES string of the molecule is Cc1ccc(-c2noc(COc3ccc(C4SCCS4)cc3)n2)cc1F. The second kappa shape index (κ2) is 7.72. The van der Waals surface area contributed by atoms with Crippen LogP contribution in [0.5, 0.6) is 5.75 Å². The number of hydrogen-bond acceptors (Lipinski definition) is 6. The van der Waals surface area contributed by atoms with Gasteiger partial charge in [0, 0.05) is 17.1 Å². The van der Waals surface area contributed by atoms with Gasteiger partial charge >= 0.3 is 0 Å². The minimum atomic E-state index is -0.288. The molecule has 0 spiro atoms. The molecule has 2 heterocycles. The molecule has 1 saturated heterocycles. The zero-order valence-electron chi connectivity index (χ0n) is 14.1. The zero-order chi connectivity index (χ0) is 17.9. The van der Waals surface area contributed by atoms with Gasteiger partial charge in [-0.05, 0) is 36.2 Å². The predicted octanol–water partition coefficient (Wildman–Crippen LogP) is 5.24. The number of rotatable bonds is 5. The minimum absolute atomic E-state index is 0.174. The summed E-state index contributed by atoms with van der Waals surface area (Å²) < 4.78 is 25.1. The number of hydrogen-bond donors (Lipinski definition) is 0. The van der Waals surface area contributed by atoms with Crippen molar-refractivity contribution in [2.45, 2.75) is 18.1 Å². The Balaban J connectivity index is 1.39. The molecule has 0 saturated carbocycles. The van der Waals surface area contributed by atoms with Gasteiger partial charge in [-0.25, -0.2) is 4.39 Å². The average Bonchev–Trinajstić information content (AvgIpc) is 3.35. The van der Waals surface area contributed by atoms with E-state index in [4.69, 9.17) is 9.26 Å². The molecule has 7 heteroatoms. The van der Waals surface area contributed by atoms with Crippen LogP contribution in [0, 0.1) is 12.7 Å². The third-order valence-electron chi connectivity index (χ3n) is 4.03. The van der Waals surface area contributed by atoms with Crippen molar-refractivity contribution in [1.29, 1.82) is 0 Å². The van der Waals surface area contributed by atoms with Gasteiger partial charge in [-0.15, -0.1) is 23.5 Å². The van der Waals surface area contributed by atoms with Crippen LogP contribution in [0.15, 0.2) is 47.0 Å². The van der Waals surface area contributed by atoms with Crippen LogP contribution >= 0.6 is 23.5 Å². The van der Waals surface area contributed by atoms with Crippen LogP contribution in [0.1, 0.15) is 21.6 Å². The summed E-state index contributed by atoms with van der Waals surface area (Å²) in [7, 11) is 0. The lowest BCUT2D eigenvalue weighted by molar-refractivity contribution is 0.243. The molecule has 0 amide bonds. The predicted molar refractivity (Wildman–Crippen MR) is 103 cm³/mol. The summed E-state index contributed by atoms with van der Waals surface area (Å²) in [6.45, 7) is 1.89. The average molecular weight is 388 g/mol. The molecule has 0 aliphatic carbocycles. The molecule has 1 fully saturated rings. The van der Waals surface area contributed by atoms with Crippen molar-refractivity contribution in [2.75, 3.05) is 11.5 Å². The molecule has 4 rings (SSSR count). The van der Waals surface area contributed by atoms with Crippen molar-refractivity contribution in [3.05, 3.63) is 65.3 Å². The summed E-state index contributed by atoms with van der Waals surface area (Å²) >= 11 is 3.95. The molecule has 0 atom stereocenters. The molecule has 0 unspecified atom stereocenters. The Bertz CT molecular complexity index is 893. The van der Waals surface area contributed by atoms with Crippen LogP contribution in [0.25, 0.3) is 11.4 Å². The molecule has 1 aliphatic rings. The highest BCUT2D eigenvalue weighted by molar-refractivity contribution is 8.19. The normalized spacial score (nSPS) is 14.7. The highest BCUT2D eigenvalue weighted by Gasteiger charge is 2.18. The topological polar surface area (TPSA) is 48.2 Å². The third-order valence-corrected chi connectivity index (χ3v) is 7.14. The van der Waals surface area contributed by atoms with Gasteiger partial charge in [-0.2, -0.15) is 4.98 Å². The molecule has 26 heavy (non-hydrogen) atoms. The Morgan fingerprint density at radius 1 is 1.15 bits per heavy atom. The van der Waals surface area contributed by atoms with E-state index < -0.39 is 0 Å². The fourth-order valence-corrected chi connectivity index (χ4v) is 5.44. The van der Waals surface area contributed by atoms with Crippen LogP contribution < -0.4 is 4.74 Å². The summed E-state index contributed by atoms with van der Waals surface area (Å²) in [5.74, 6) is 3.59. The Kier molecular flexibility index (Phi) is 5.17. The molecule has 134 valence electrons. The lowest BCUT2D eigenvalue weighted by Crippen LogP contribution is -1.96. The van der Waals surface area contributed by atoms with E-state index in [1.165, 1.54) is 23.1 Å². The maximum atomic E-state index is 13.7. The van der Waals surface area contributed by atoms with Gasteiger partial charge in [-0.1, -0.05) is 29.4 Å². The van der Waals surface area contributed by atoms with E-state index in [9.17, 15) is 4.39 Å². The van der Waals surface area contributed by atoms with Gasteiger partial charge in [0.25, 0.3) is 5.89 Å². The number of aromatic nitrogens is 2. The van der Waals surface area contributed by atoms with Crippen molar-refractivity contribution in [2.24, 2.45) is 0 Å². The van der Waals surface area contributed by atoms with Crippen molar-refractivity contribution in [3.63, 3.8) is 0 Å². The van der Waals surface area contributed by atoms with Crippen molar-refractivity contribution in [1.82, 2.24) is 10.1 Å². The molecular weight excluding hydrogens is 371 g/mol. The minimum Gasteiger partial charge on any atom is -0.484 e. The van der Waals surface area contributed by atoms with Crippen LogP contribution in [-0.2, 0) is 6.61 Å². The summed E-state index contributed by atoms with van der Waals surface area (Å²) in [5, 5.41) is 3.90. The molecule has 0 N–H and O–H groups in total. The van der Waals surface area contributed by atoms with Crippen molar-refractivity contribution < 1.29 is 13.7 Å². The summed E-state index contributed by atoms with van der Waals surface area (Å²) in [5.41, 5.74) is 2.48. The number of ether oxygens (including phenoxy) is 1. The molecule has 0 radical (unpaired) electrons. The second-order valence-corrected chi connectivity index (χ2v) is 8.63. The lowest BCUT2D eigenvalue weighted by Gasteiger charge is -2.09. The Morgan fingerprint density at radius 3 is 2.65 bits per heavy atom. The Morgan fingerprint density at radius 2 is 1.92 bits per heavy atom. The standard InChI is InChI=1S/C19H17FN2O2S2/c1-12-2-3-14(10-16(12)20)18-21-17(24-22-18)11-23-15-6-4-13(5-7-15)19-25-8-9-26-19/h2-7,10,19H,8-9,11H2,1H3. The zero-order valence-corrected chi connectivity index (χ0v) is 15.8. The maximum Gasteiger partial charge on any atom is 0.264 e. The number of aryl methyl sites for hydroxylation is 1. The smallest absolute Gasteiger partial charge is 0.264 e. The molecule has 0 bridgehead atoms. The van der Waals surface area contributed by atoms with E-state index in [-0.39, 0.29) is 12.4 Å². The largest absolute Gasteiger partial charge is 0.484 e. The molecule has 3 aromatic rings. The van der Waals surface area contributed by atoms with Crippen LogP contribution in [0.3, 0.4) is 0 Å². The lowest BCUT2D eigenvalue weighted by atomic mass is 10.1. The first-order valence-corrected chi connectivity index (χ1v) is 10.3. The number of thioether (sulfide) groups is 2. The van der Waals surface area contributed by atoms with Crippen molar-refractivity contribution >= 4 is 23.5 Å². The van der Waals surface area contributed by atoms with Crippen molar-refractivity contribution in [3.8, 4) is 17.1 Å². The van der Waals surface area contributed by atoms with Gasteiger partial charge in [-0.3, -0.25) is 0 Å². The molecular formula is C19H17FN2O2S2. The van der Waals surface area contributed by atoms with Crippen LogP contribution in [0.4, 0.5) is 4.39 Å². The first-order chi connectivity index (χ1) is 12.7. The third kappa shape index (κ3) is 3.88. The van der Waals surface area contributed by atoms with Gasteiger partial charge in [0.15, 0.2) is 6.61 Å². The highest BCUT2D eigenvalue weighted by Crippen LogP contribution is 2.45. The second-order valence-electron chi connectivity index (χ2n) is 5.91. The molecule has 2 aromatic carbocycles. The first kappa shape index (κ1) is 17.4. The van der Waals surface area contributed by atoms with Gasteiger partial charge < -0.3 is 9.26 Å². The summed E-state index contributed by atoms with van der Waals surface area (Å²) in [6.07, 6.45) is 0. The van der Waals surface area contributed by atoms with Gasteiger partial charge in [0.05, 0.1) is 4.58 Å².